The van der Waals surface area contributed by atoms with E-state index in [0.717, 1.165) is 9.13 Å². The van der Waals surface area contributed by atoms with Gasteiger partial charge in [0.2, 0.25) is 0 Å². The fourth-order valence-corrected chi connectivity index (χ4v) is 7.56. The van der Waals surface area contributed by atoms with Crippen molar-refractivity contribution < 1.29 is 50.3 Å². The van der Waals surface area contributed by atoms with E-state index in [9.17, 15) is 42.4 Å². The predicted octanol–water partition coefficient (Wildman–Crippen LogP) is 8.99. The van der Waals surface area contributed by atoms with E-state index < -0.39 is 38.4 Å². The molecular formula is C39H32F3IN2O8. The molecule has 0 radical (unpaired) electrons. The molecule has 1 aliphatic rings. The van der Waals surface area contributed by atoms with Crippen molar-refractivity contribution >= 4 is 61.0 Å². The second-order valence-corrected chi connectivity index (χ2v) is 15.0. The average molecular weight is 841 g/mol. The van der Waals surface area contributed by atoms with E-state index in [4.69, 9.17) is 3.07 Å². The third-order valence-electron chi connectivity index (χ3n) is 7.21. The van der Waals surface area contributed by atoms with E-state index in [1.54, 1.807) is 48.5 Å². The van der Waals surface area contributed by atoms with Crippen LogP contribution in [0.5, 0.6) is 0 Å². The summed E-state index contributed by atoms with van der Waals surface area (Å²) in [6.45, 7) is 2.79. The first-order valence-corrected chi connectivity index (χ1v) is 19.7. The number of hydroxylamine groups is 2. The van der Waals surface area contributed by atoms with Crippen LogP contribution in [0.3, 0.4) is 0 Å². The molecule has 10 nitrogen and oxygen atoms in total. The summed E-state index contributed by atoms with van der Waals surface area (Å²) in [5, 5.41) is 10.6. The van der Waals surface area contributed by atoms with Gasteiger partial charge in [0, 0.05) is 22.3 Å². The molecule has 0 fully saturated rings. The monoisotopic (exact) mass is 840 g/mol. The van der Waals surface area contributed by atoms with Gasteiger partial charge < -0.3 is 0 Å². The number of halogens is 4. The van der Waals surface area contributed by atoms with Crippen LogP contribution in [0.2, 0.25) is 0 Å². The van der Waals surface area contributed by atoms with Crippen LogP contribution in [0.25, 0.3) is 0 Å². The van der Waals surface area contributed by atoms with Gasteiger partial charge in [-0.1, -0.05) is 36.4 Å². The van der Waals surface area contributed by atoms with Gasteiger partial charge in [-0.05, 0) is 86.6 Å². The van der Waals surface area contributed by atoms with Gasteiger partial charge in [0.1, 0.15) is 0 Å². The fraction of sp³-hybridized carbons (Fsp3) is 0.103. The SMILES string of the molecule is CC(=O)c1ccc(N(O)C(=O)c2ccccc2)cc1.CC(=O)c1ccc(N(OC(F)(F)F)C(=O)c2ccccc2)cc1.CI1OC(=O)c2ccccc21. The van der Waals surface area contributed by atoms with Crippen LogP contribution in [-0.2, 0) is 7.90 Å². The Hall–Kier alpha value is -5.71. The van der Waals surface area contributed by atoms with Crippen LogP contribution in [0.1, 0.15) is 65.6 Å². The molecule has 0 aromatic heterocycles. The van der Waals surface area contributed by atoms with Crippen molar-refractivity contribution in [2.45, 2.75) is 20.2 Å². The standard InChI is InChI=1S/C16H12F3NO3.C15H13NO3.C8H7IO2/c1-11(21)12-7-9-14(10-8-12)20(23-16(17,18)19)15(22)13-5-3-2-4-6-13;1-11(17)12-7-9-14(10-8-12)16(19)15(18)13-5-3-2-4-6-13;1-9-7-5-3-2-4-6(7)8(10)11-9/h2-10H,1H3;2-10,19H,1H3;2-5H,1H3. The summed E-state index contributed by atoms with van der Waals surface area (Å²) in [4.78, 5) is 63.6. The normalized spacial score (nSPS) is 12.1. The molecule has 1 aliphatic heterocycles. The Labute approximate surface area is 310 Å². The Balaban J connectivity index is 0.000000187. The van der Waals surface area contributed by atoms with Crippen molar-refractivity contribution in [3.63, 3.8) is 0 Å². The fourth-order valence-electron chi connectivity index (χ4n) is 4.55. The molecule has 0 unspecified atom stereocenters. The first-order chi connectivity index (χ1) is 25.2. The number of carbonyl (C=O) groups is 5. The van der Waals surface area contributed by atoms with Crippen LogP contribution in [-0.4, -0.2) is 45.9 Å². The van der Waals surface area contributed by atoms with E-state index in [2.05, 4.69) is 4.84 Å². The quantitative estimate of drug-likeness (QED) is 0.0565. The van der Waals surface area contributed by atoms with Crippen LogP contribution in [0.4, 0.5) is 24.5 Å². The van der Waals surface area contributed by atoms with Crippen molar-refractivity contribution in [1.82, 2.24) is 0 Å². The van der Waals surface area contributed by atoms with Gasteiger partial charge >= 0.3 is 78.8 Å². The second kappa shape index (κ2) is 18.2. The number of nitrogens with zero attached hydrogens (tertiary/aromatic N) is 2. The number of Topliss-reactive ketones (excluding diaryl/α,β-unsaturated/α-hetero) is 2. The topological polar surface area (TPSA) is 131 Å². The van der Waals surface area contributed by atoms with E-state index in [1.807, 2.05) is 29.2 Å². The molecule has 53 heavy (non-hydrogen) atoms. The average Bonchev–Trinajstić information content (AvgIpc) is 3.46. The molecule has 1 N–H and O–H groups in total. The molecule has 5 aromatic carbocycles. The number of alkyl halides is 4. The van der Waals surface area contributed by atoms with Gasteiger partial charge in [-0.2, -0.15) is 15.0 Å². The van der Waals surface area contributed by atoms with E-state index >= 15 is 0 Å². The van der Waals surface area contributed by atoms with Crippen molar-refractivity contribution in [2.75, 3.05) is 15.1 Å². The van der Waals surface area contributed by atoms with Gasteiger partial charge in [0.15, 0.2) is 11.6 Å². The predicted molar refractivity (Wildman–Crippen MR) is 199 cm³/mol. The summed E-state index contributed by atoms with van der Waals surface area (Å²) < 4.78 is 44.1. The molecule has 0 saturated heterocycles. The zero-order valence-electron chi connectivity index (χ0n) is 28.4. The van der Waals surface area contributed by atoms with Crippen molar-refractivity contribution in [2.24, 2.45) is 0 Å². The van der Waals surface area contributed by atoms with Crippen LogP contribution >= 0.6 is 20.2 Å². The zero-order valence-corrected chi connectivity index (χ0v) is 30.6. The molecule has 0 saturated carbocycles. The van der Waals surface area contributed by atoms with E-state index in [0.29, 0.717) is 27.4 Å². The van der Waals surface area contributed by atoms with Gasteiger partial charge in [-0.25, -0.2) is 0 Å². The molecule has 0 aliphatic carbocycles. The number of amides is 2. The van der Waals surface area contributed by atoms with Crippen molar-refractivity contribution in [3.05, 3.63) is 165 Å². The summed E-state index contributed by atoms with van der Waals surface area (Å²) in [7, 11) is 0. The minimum absolute atomic E-state index is 0.0346. The maximum absolute atomic E-state index is 12.6. The van der Waals surface area contributed by atoms with Gasteiger partial charge in [-0.3, -0.25) is 24.4 Å². The third kappa shape index (κ3) is 11.1. The maximum atomic E-state index is 12.6. The third-order valence-corrected chi connectivity index (χ3v) is 10.8. The Morgan fingerprint density at radius 3 is 1.51 bits per heavy atom. The van der Waals surface area contributed by atoms with Gasteiger partial charge in [0.25, 0.3) is 11.8 Å². The molecule has 5 aromatic rings. The number of hydrogen-bond acceptors (Lipinski definition) is 8. The number of rotatable bonds is 7. The summed E-state index contributed by atoms with van der Waals surface area (Å²) in [5.74, 6) is -1.93. The molecule has 1 heterocycles. The molecule has 6 rings (SSSR count). The molecule has 0 atom stereocenters. The van der Waals surface area contributed by atoms with Gasteiger partial charge in [0.05, 0.1) is 11.4 Å². The number of ketones is 2. The molecule has 0 spiro atoms. The summed E-state index contributed by atoms with van der Waals surface area (Å²) in [6.07, 6.45) is -5.04. The Morgan fingerprint density at radius 2 is 1.06 bits per heavy atom. The minimum atomic E-state index is -5.04. The first-order valence-electron chi connectivity index (χ1n) is 15.5. The number of hydrogen-bond donors (Lipinski definition) is 1. The summed E-state index contributed by atoms with van der Waals surface area (Å²) in [5.41, 5.74) is 2.23. The zero-order chi connectivity index (χ0) is 38.7. The number of fused-ring (bicyclic) bond motifs is 1. The van der Waals surface area contributed by atoms with Crippen LogP contribution in [0.15, 0.2) is 133 Å². The van der Waals surface area contributed by atoms with Crippen LogP contribution in [0, 0.1) is 3.57 Å². The van der Waals surface area contributed by atoms with Crippen LogP contribution < -0.4 is 10.1 Å². The molecule has 2 amide bonds. The Bertz CT molecular complexity index is 2060. The van der Waals surface area contributed by atoms with Crippen molar-refractivity contribution in [1.29, 1.82) is 0 Å². The van der Waals surface area contributed by atoms with Gasteiger partial charge in [-0.15, -0.1) is 13.2 Å². The molecule has 274 valence electrons. The number of anilines is 2. The van der Waals surface area contributed by atoms with E-state index in [1.165, 1.54) is 74.5 Å². The number of benzene rings is 5. The number of carbonyl (C=O) groups excluding carboxylic acids is 5. The molecule has 0 bridgehead atoms. The molecular weight excluding hydrogens is 808 g/mol. The summed E-state index contributed by atoms with van der Waals surface area (Å²) in [6, 6.07) is 34.8. The molecule has 14 heteroatoms. The van der Waals surface area contributed by atoms with E-state index in [-0.39, 0.29) is 33.8 Å². The Kier molecular flexibility index (Phi) is 13.7. The first kappa shape index (κ1) is 40.1. The van der Waals surface area contributed by atoms with Crippen molar-refractivity contribution in [3.8, 4) is 0 Å². The summed E-state index contributed by atoms with van der Waals surface area (Å²) >= 11 is -1.52. The second-order valence-electron chi connectivity index (χ2n) is 11.0. The Morgan fingerprint density at radius 1 is 0.623 bits per heavy atom.